The number of hydrogen-bond acceptors (Lipinski definition) is 2. The van der Waals surface area contributed by atoms with Gasteiger partial charge in [0.1, 0.15) is 0 Å². The van der Waals surface area contributed by atoms with Crippen LogP contribution in [0.1, 0.15) is 26.2 Å². The van der Waals surface area contributed by atoms with Crippen molar-refractivity contribution < 1.29 is 0 Å². The Kier molecular flexibility index (Phi) is 4.69. The van der Waals surface area contributed by atoms with Gasteiger partial charge in [0.2, 0.25) is 0 Å². The first-order valence-corrected chi connectivity index (χ1v) is 6.90. The van der Waals surface area contributed by atoms with E-state index in [9.17, 15) is 0 Å². The molecular formula is C14H21ClN2. The van der Waals surface area contributed by atoms with Crippen LogP contribution in [0.3, 0.4) is 0 Å². The van der Waals surface area contributed by atoms with E-state index in [2.05, 4.69) is 29.3 Å². The minimum Gasteiger partial charge on any atom is -0.382 e. The molecule has 0 radical (unpaired) electrons. The maximum Gasteiger partial charge on any atom is 0.0407 e. The summed E-state index contributed by atoms with van der Waals surface area (Å²) in [6, 6.07) is 8.61. The lowest BCUT2D eigenvalue weighted by atomic mass is 10.0. The van der Waals surface area contributed by atoms with Crippen molar-refractivity contribution in [3.63, 3.8) is 0 Å². The molecule has 1 heterocycles. The second-order valence-electron chi connectivity index (χ2n) is 4.77. The van der Waals surface area contributed by atoms with E-state index in [4.69, 9.17) is 11.6 Å². The van der Waals surface area contributed by atoms with Crippen molar-refractivity contribution >= 4 is 17.3 Å². The molecule has 0 amide bonds. The van der Waals surface area contributed by atoms with Crippen LogP contribution in [0.15, 0.2) is 24.3 Å². The number of benzene rings is 1. The highest BCUT2D eigenvalue weighted by Crippen LogP contribution is 2.18. The number of nitrogens with one attached hydrogen (secondary N) is 1. The quantitative estimate of drug-likeness (QED) is 0.881. The molecule has 17 heavy (non-hydrogen) atoms. The molecule has 0 bridgehead atoms. The third kappa shape index (κ3) is 3.90. The molecule has 1 N–H and O–H groups in total. The molecule has 0 unspecified atom stereocenters. The number of halogens is 1. The van der Waals surface area contributed by atoms with Crippen LogP contribution in [-0.4, -0.2) is 30.6 Å². The molecular weight excluding hydrogens is 232 g/mol. The van der Waals surface area contributed by atoms with Crippen molar-refractivity contribution in [1.82, 2.24) is 4.90 Å². The van der Waals surface area contributed by atoms with E-state index in [1.807, 2.05) is 12.1 Å². The molecule has 3 heteroatoms. The minimum absolute atomic E-state index is 0.615. The lowest BCUT2D eigenvalue weighted by molar-refractivity contribution is 0.219. The SMILES string of the molecule is CCCN1CCC(Nc2ccc(Cl)cc2)CC1. The maximum absolute atomic E-state index is 5.87. The van der Waals surface area contributed by atoms with Crippen LogP contribution in [0.2, 0.25) is 5.02 Å². The summed E-state index contributed by atoms with van der Waals surface area (Å²) in [5.41, 5.74) is 1.18. The van der Waals surface area contributed by atoms with Crippen LogP contribution in [-0.2, 0) is 0 Å². The number of piperidine rings is 1. The number of hydrogen-bond donors (Lipinski definition) is 1. The van der Waals surface area contributed by atoms with Crippen LogP contribution in [0.25, 0.3) is 0 Å². The van der Waals surface area contributed by atoms with Gasteiger partial charge in [-0.05, 0) is 50.1 Å². The largest absolute Gasteiger partial charge is 0.382 e. The molecule has 1 fully saturated rings. The number of likely N-dealkylation sites (tertiary alicyclic amines) is 1. The van der Waals surface area contributed by atoms with Gasteiger partial charge in [-0.1, -0.05) is 18.5 Å². The van der Waals surface area contributed by atoms with Crippen molar-refractivity contribution in [2.45, 2.75) is 32.2 Å². The summed E-state index contributed by atoms with van der Waals surface area (Å²) in [6.45, 7) is 5.93. The lowest BCUT2D eigenvalue weighted by Crippen LogP contribution is -2.39. The van der Waals surface area contributed by atoms with Gasteiger partial charge in [-0.15, -0.1) is 0 Å². The monoisotopic (exact) mass is 252 g/mol. The molecule has 0 atom stereocenters. The Labute approximate surface area is 109 Å². The van der Waals surface area contributed by atoms with E-state index in [0.29, 0.717) is 6.04 Å². The average molecular weight is 253 g/mol. The van der Waals surface area contributed by atoms with Crippen LogP contribution < -0.4 is 5.32 Å². The lowest BCUT2D eigenvalue weighted by Gasteiger charge is -2.32. The highest BCUT2D eigenvalue weighted by atomic mass is 35.5. The van der Waals surface area contributed by atoms with E-state index in [0.717, 1.165) is 5.02 Å². The van der Waals surface area contributed by atoms with E-state index < -0.39 is 0 Å². The molecule has 0 aromatic heterocycles. The zero-order chi connectivity index (χ0) is 12.1. The highest BCUT2D eigenvalue weighted by Gasteiger charge is 2.17. The molecule has 2 nitrogen and oxygen atoms in total. The molecule has 0 spiro atoms. The molecule has 0 aliphatic carbocycles. The summed E-state index contributed by atoms with van der Waals surface area (Å²) in [6.07, 6.45) is 3.74. The van der Waals surface area contributed by atoms with Gasteiger partial charge in [0.05, 0.1) is 0 Å². The van der Waals surface area contributed by atoms with Crippen molar-refractivity contribution in [2.75, 3.05) is 25.0 Å². The summed E-state index contributed by atoms with van der Waals surface area (Å²) in [5, 5.41) is 4.38. The topological polar surface area (TPSA) is 15.3 Å². The number of anilines is 1. The number of rotatable bonds is 4. The Morgan fingerprint density at radius 1 is 1.24 bits per heavy atom. The molecule has 1 aliphatic rings. The fourth-order valence-corrected chi connectivity index (χ4v) is 2.52. The van der Waals surface area contributed by atoms with Gasteiger partial charge in [-0.3, -0.25) is 0 Å². The second-order valence-corrected chi connectivity index (χ2v) is 5.20. The molecule has 1 aliphatic heterocycles. The molecule has 94 valence electrons. The van der Waals surface area contributed by atoms with Gasteiger partial charge >= 0.3 is 0 Å². The predicted molar refractivity (Wildman–Crippen MR) is 74.8 cm³/mol. The van der Waals surface area contributed by atoms with E-state index in [-0.39, 0.29) is 0 Å². The van der Waals surface area contributed by atoms with Gasteiger partial charge in [0.15, 0.2) is 0 Å². The molecule has 1 saturated heterocycles. The molecule has 2 rings (SSSR count). The van der Waals surface area contributed by atoms with Crippen LogP contribution >= 0.6 is 11.6 Å². The molecule has 1 aromatic rings. The Bertz CT molecular complexity index is 329. The Morgan fingerprint density at radius 2 is 1.88 bits per heavy atom. The van der Waals surface area contributed by atoms with Gasteiger partial charge in [-0.25, -0.2) is 0 Å². The van der Waals surface area contributed by atoms with Crippen molar-refractivity contribution in [3.8, 4) is 0 Å². The van der Waals surface area contributed by atoms with Gasteiger partial charge in [0, 0.05) is 29.8 Å². The van der Waals surface area contributed by atoms with Crippen molar-refractivity contribution in [2.24, 2.45) is 0 Å². The Balaban J connectivity index is 1.79. The van der Waals surface area contributed by atoms with Gasteiger partial charge in [-0.2, -0.15) is 0 Å². The Hall–Kier alpha value is -0.730. The summed E-state index contributed by atoms with van der Waals surface area (Å²) >= 11 is 5.87. The smallest absolute Gasteiger partial charge is 0.0407 e. The summed E-state index contributed by atoms with van der Waals surface area (Å²) < 4.78 is 0. The number of nitrogens with zero attached hydrogens (tertiary/aromatic N) is 1. The summed E-state index contributed by atoms with van der Waals surface area (Å²) in [7, 11) is 0. The van der Waals surface area contributed by atoms with Gasteiger partial charge in [0.25, 0.3) is 0 Å². The molecule has 1 aromatic carbocycles. The van der Waals surface area contributed by atoms with Crippen molar-refractivity contribution in [3.05, 3.63) is 29.3 Å². The third-order valence-electron chi connectivity index (χ3n) is 3.34. The van der Waals surface area contributed by atoms with Crippen LogP contribution in [0.4, 0.5) is 5.69 Å². The first-order valence-electron chi connectivity index (χ1n) is 6.52. The normalized spacial score (nSPS) is 18.2. The maximum atomic E-state index is 5.87. The van der Waals surface area contributed by atoms with E-state index in [1.165, 1.54) is 44.6 Å². The van der Waals surface area contributed by atoms with Crippen LogP contribution in [0, 0.1) is 0 Å². The Morgan fingerprint density at radius 3 is 2.47 bits per heavy atom. The van der Waals surface area contributed by atoms with Gasteiger partial charge < -0.3 is 10.2 Å². The fourth-order valence-electron chi connectivity index (χ4n) is 2.40. The fraction of sp³-hybridized carbons (Fsp3) is 0.571. The standard InChI is InChI=1S/C14H21ClN2/c1-2-9-17-10-7-14(8-11-17)16-13-5-3-12(15)4-6-13/h3-6,14,16H,2,7-11H2,1H3. The highest BCUT2D eigenvalue weighted by molar-refractivity contribution is 6.30. The minimum atomic E-state index is 0.615. The van der Waals surface area contributed by atoms with Crippen LogP contribution in [0.5, 0.6) is 0 Å². The van der Waals surface area contributed by atoms with E-state index in [1.54, 1.807) is 0 Å². The summed E-state index contributed by atoms with van der Waals surface area (Å²) in [5.74, 6) is 0. The predicted octanol–water partition coefficient (Wildman–Crippen LogP) is 3.63. The first-order chi connectivity index (χ1) is 8.28. The molecule has 0 saturated carbocycles. The zero-order valence-electron chi connectivity index (χ0n) is 10.5. The first kappa shape index (κ1) is 12.7. The second kappa shape index (κ2) is 6.27. The van der Waals surface area contributed by atoms with E-state index >= 15 is 0 Å². The zero-order valence-corrected chi connectivity index (χ0v) is 11.2. The average Bonchev–Trinajstić information content (AvgIpc) is 2.35. The van der Waals surface area contributed by atoms with Crippen molar-refractivity contribution in [1.29, 1.82) is 0 Å². The summed E-state index contributed by atoms with van der Waals surface area (Å²) in [4.78, 5) is 2.56. The third-order valence-corrected chi connectivity index (χ3v) is 3.59.